The highest BCUT2D eigenvalue weighted by Crippen LogP contribution is 2.37. The molecule has 10 heteroatoms. The van der Waals surface area contributed by atoms with E-state index in [0.29, 0.717) is 23.7 Å². The first kappa shape index (κ1) is 26.4. The third kappa shape index (κ3) is 6.80. The molecule has 6 nitrogen and oxygen atoms in total. The Kier molecular flexibility index (Phi) is 8.11. The Morgan fingerprint density at radius 2 is 1.61 bits per heavy atom. The normalized spacial score (nSPS) is 16.0. The third-order valence-electron chi connectivity index (χ3n) is 6.49. The summed E-state index contributed by atoms with van der Waals surface area (Å²) in [6, 6.07) is 19.1. The Hall–Kier alpha value is -3.21. The lowest BCUT2D eigenvalue weighted by Crippen LogP contribution is -2.48. The Balaban J connectivity index is 1.16. The number of piperazine rings is 1. The van der Waals surface area contributed by atoms with Crippen LogP contribution in [0, 0.1) is 0 Å². The molecule has 0 radical (unpaired) electrons. The zero-order valence-corrected chi connectivity index (χ0v) is 21.5. The molecule has 1 fully saturated rings. The van der Waals surface area contributed by atoms with Crippen LogP contribution in [0.2, 0.25) is 0 Å². The lowest BCUT2D eigenvalue weighted by Gasteiger charge is -2.34. The van der Waals surface area contributed by atoms with Crippen molar-refractivity contribution >= 4 is 23.4 Å². The first-order valence-corrected chi connectivity index (χ1v) is 13.3. The highest BCUT2D eigenvalue weighted by molar-refractivity contribution is 7.98. The molecule has 0 unspecified atom stereocenters. The van der Waals surface area contributed by atoms with E-state index in [2.05, 4.69) is 10.2 Å². The zero-order chi connectivity index (χ0) is 26.5. The number of hydrogen-bond donors (Lipinski definition) is 1. The van der Waals surface area contributed by atoms with Gasteiger partial charge in [0.05, 0.1) is 17.8 Å². The summed E-state index contributed by atoms with van der Waals surface area (Å²) in [5.41, 5.74) is 1.58. The molecule has 200 valence electrons. The van der Waals surface area contributed by atoms with E-state index in [1.165, 1.54) is 17.8 Å². The molecule has 38 heavy (non-hydrogen) atoms. The van der Waals surface area contributed by atoms with Gasteiger partial charge in [0.2, 0.25) is 12.7 Å². The monoisotopic (exact) mass is 543 g/mol. The largest absolute Gasteiger partial charge is 0.454 e. The minimum absolute atomic E-state index is 0.122. The number of anilines is 1. The molecule has 0 aliphatic carbocycles. The number of alkyl halides is 3. The first-order valence-electron chi connectivity index (χ1n) is 12.3. The van der Waals surface area contributed by atoms with Gasteiger partial charge in [0.15, 0.2) is 11.5 Å². The number of halogens is 3. The predicted molar refractivity (Wildman–Crippen MR) is 140 cm³/mol. The quantitative estimate of drug-likeness (QED) is 0.380. The van der Waals surface area contributed by atoms with Gasteiger partial charge in [-0.25, -0.2) is 0 Å². The van der Waals surface area contributed by atoms with Crippen LogP contribution in [0.5, 0.6) is 11.5 Å². The number of hydrogen-bond acceptors (Lipinski definition) is 6. The predicted octanol–water partition coefficient (Wildman–Crippen LogP) is 5.48. The van der Waals surface area contributed by atoms with E-state index in [4.69, 9.17) is 9.47 Å². The second kappa shape index (κ2) is 11.7. The molecular weight excluding hydrogens is 515 g/mol. The molecule has 0 bridgehead atoms. The fourth-order valence-electron chi connectivity index (χ4n) is 4.46. The van der Waals surface area contributed by atoms with Crippen molar-refractivity contribution in [1.82, 2.24) is 9.80 Å². The molecule has 1 N–H and O–H groups in total. The van der Waals surface area contributed by atoms with Gasteiger partial charge in [0.1, 0.15) is 0 Å². The zero-order valence-electron chi connectivity index (χ0n) is 20.7. The summed E-state index contributed by atoms with van der Waals surface area (Å²) >= 11 is 1.40. The van der Waals surface area contributed by atoms with Crippen LogP contribution in [0.15, 0.2) is 71.6 Å². The number of benzene rings is 3. The van der Waals surface area contributed by atoms with E-state index in [1.807, 2.05) is 53.4 Å². The summed E-state index contributed by atoms with van der Waals surface area (Å²) in [7, 11) is 0. The Labute approximate surface area is 223 Å². The summed E-state index contributed by atoms with van der Waals surface area (Å²) in [4.78, 5) is 17.8. The van der Waals surface area contributed by atoms with Gasteiger partial charge in [0.25, 0.3) is 0 Å². The van der Waals surface area contributed by atoms with Crippen LogP contribution in [0.4, 0.5) is 18.9 Å². The summed E-state index contributed by atoms with van der Waals surface area (Å²) in [5, 5.41) is 2.74. The van der Waals surface area contributed by atoms with E-state index in [0.717, 1.165) is 54.4 Å². The Morgan fingerprint density at radius 3 is 2.37 bits per heavy atom. The van der Waals surface area contributed by atoms with E-state index < -0.39 is 11.7 Å². The lowest BCUT2D eigenvalue weighted by molar-refractivity contribution is -0.137. The number of amides is 1. The molecule has 3 aromatic carbocycles. The fourth-order valence-corrected chi connectivity index (χ4v) is 5.41. The van der Waals surface area contributed by atoms with E-state index in [1.54, 1.807) is 0 Å². The average Bonchev–Trinajstić information content (AvgIpc) is 3.37. The molecule has 0 spiro atoms. The van der Waals surface area contributed by atoms with Gasteiger partial charge in [-0.2, -0.15) is 13.2 Å². The molecule has 2 aliphatic heterocycles. The van der Waals surface area contributed by atoms with Crippen molar-refractivity contribution in [3.05, 3.63) is 83.4 Å². The van der Waals surface area contributed by atoms with Crippen LogP contribution in [-0.2, 0) is 23.3 Å². The van der Waals surface area contributed by atoms with Crippen molar-refractivity contribution in [3.8, 4) is 11.5 Å². The number of ether oxygens (including phenoxy) is 2. The van der Waals surface area contributed by atoms with Crippen molar-refractivity contribution in [3.63, 3.8) is 0 Å². The Bertz CT molecular complexity index is 1270. The highest BCUT2D eigenvalue weighted by Gasteiger charge is 2.31. The number of nitrogens with one attached hydrogen (secondary N) is 1. The van der Waals surface area contributed by atoms with Gasteiger partial charge in [-0.3, -0.25) is 14.6 Å². The second-order valence-electron chi connectivity index (χ2n) is 9.27. The standard InChI is InChI=1S/C28H28F3N3O3S/c29-28(30,31)22-7-9-26(38-18-20-4-2-1-3-5-20)23(15-22)32-27(35)17-34-12-10-33(11-13-34)16-21-6-8-24-25(14-21)37-19-36-24/h1-9,14-15H,10-13,16-19H2,(H,32,35). The van der Waals surface area contributed by atoms with Crippen molar-refractivity contribution < 1.29 is 27.4 Å². The molecule has 0 atom stereocenters. The van der Waals surface area contributed by atoms with Crippen molar-refractivity contribution in [2.45, 2.75) is 23.4 Å². The van der Waals surface area contributed by atoms with Gasteiger partial charge in [-0.05, 0) is 41.5 Å². The number of nitrogens with zero attached hydrogens (tertiary/aromatic N) is 2. The number of rotatable bonds is 8. The summed E-state index contributed by atoms with van der Waals surface area (Å²) < 4.78 is 50.9. The van der Waals surface area contributed by atoms with E-state index in [9.17, 15) is 18.0 Å². The van der Waals surface area contributed by atoms with Crippen LogP contribution >= 0.6 is 11.8 Å². The molecular formula is C28H28F3N3O3S. The minimum atomic E-state index is -4.49. The van der Waals surface area contributed by atoms with E-state index in [-0.39, 0.29) is 24.9 Å². The average molecular weight is 544 g/mol. The summed E-state index contributed by atoms with van der Waals surface area (Å²) in [6.45, 7) is 4.08. The number of thioether (sulfide) groups is 1. The van der Waals surface area contributed by atoms with Crippen LogP contribution < -0.4 is 14.8 Å². The van der Waals surface area contributed by atoms with Crippen LogP contribution in [-0.4, -0.2) is 55.2 Å². The van der Waals surface area contributed by atoms with Crippen LogP contribution in [0.1, 0.15) is 16.7 Å². The van der Waals surface area contributed by atoms with Gasteiger partial charge in [0, 0.05) is 43.4 Å². The van der Waals surface area contributed by atoms with Crippen molar-refractivity contribution in [2.75, 3.05) is 44.8 Å². The molecule has 2 heterocycles. The molecule has 1 saturated heterocycles. The molecule has 0 saturated carbocycles. The van der Waals surface area contributed by atoms with Crippen LogP contribution in [0.25, 0.3) is 0 Å². The lowest BCUT2D eigenvalue weighted by atomic mass is 10.1. The Morgan fingerprint density at radius 1 is 0.868 bits per heavy atom. The summed E-state index contributed by atoms with van der Waals surface area (Å²) in [5.74, 6) is 1.77. The number of carbonyl (C=O) groups is 1. The van der Waals surface area contributed by atoms with Crippen LogP contribution in [0.3, 0.4) is 0 Å². The van der Waals surface area contributed by atoms with Gasteiger partial charge in [-0.15, -0.1) is 11.8 Å². The molecule has 2 aliphatic rings. The van der Waals surface area contributed by atoms with E-state index >= 15 is 0 Å². The van der Waals surface area contributed by atoms with Gasteiger partial charge in [-0.1, -0.05) is 36.4 Å². The first-order chi connectivity index (χ1) is 18.3. The summed E-state index contributed by atoms with van der Waals surface area (Å²) in [6.07, 6.45) is -4.49. The maximum atomic E-state index is 13.4. The molecule has 0 aromatic heterocycles. The van der Waals surface area contributed by atoms with Crippen molar-refractivity contribution in [2.24, 2.45) is 0 Å². The maximum absolute atomic E-state index is 13.4. The smallest absolute Gasteiger partial charge is 0.416 e. The van der Waals surface area contributed by atoms with Crippen molar-refractivity contribution in [1.29, 1.82) is 0 Å². The third-order valence-corrected chi connectivity index (χ3v) is 7.64. The SMILES string of the molecule is O=C(CN1CCN(Cc2ccc3c(c2)OCO3)CC1)Nc1cc(C(F)(F)F)ccc1SCc1ccccc1. The second-order valence-corrected chi connectivity index (χ2v) is 10.3. The van der Waals surface area contributed by atoms with Gasteiger partial charge >= 0.3 is 6.18 Å². The molecule has 5 rings (SSSR count). The number of carbonyl (C=O) groups excluding carboxylic acids is 1. The van der Waals surface area contributed by atoms with Gasteiger partial charge < -0.3 is 14.8 Å². The number of fused-ring (bicyclic) bond motifs is 1. The fraction of sp³-hybridized carbons (Fsp3) is 0.321. The topological polar surface area (TPSA) is 54.0 Å². The minimum Gasteiger partial charge on any atom is -0.454 e. The maximum Gasteiger partial charge on any atom is 0.416 e. The highest BCUT2D eigenvalue weighted by atomic mass is 32.2. The molecule has 3 aromatic rings. The molecule has 1 amide bonds.